The first-order chi connectivity index (χ1) is 8.60. The van der Waals surface area contributed by atoms with Crippen LogP contribution >= 0.6 is 0 Å². The largest absolute Gasteiger partial charge is 0.500 e. The van der Waals surface area contributed by atoms with Crippen LogP contribution in [0, 0.1) is 0 Å². The number of hydrogen-bond acceptors (Lipinski definition) is 4. The van der Waals surface area contributed by atoms with Crippen molar-refractivity contribution in [3.8, 4) is 0 Å². The van der Waals surface area contributed by atoms with Crippen LogP contribution in [0.3, 0.4) is 0 Å². The molecule has 0 bridgehead atoms. The lowest BCUT2D eigenvalue weighted by Gasteiger charge is -2.28. The summed E-state index contributed by atoms with van der Waals surface area (Å²) in [6, 6.07) is 0.174. The fourth-order valence-corrected chi connectivity index (χ4v) is 3.89. The van der Waals surface area contributed by atoms with Gasteiger partial charge >= 0.3 is 14.8 Å². The standard InChI is InChI=1S/C11H26N2O4Si/c1-4-8-16-18(15-3,17-9-5-2)10-6-7-13-11(12)14/h4-10H2,1-3H3,(H3,12,13,14). The summed E-state index contributed by atoms with van der Waals surface area (Å²) in [5, 5.41) is 2.55. The molecule has 0 unspecified atom stereocenters. The molecule has 0 aliphatic heterocycles. The van der Waals surface area contributed by atoms with Crippen LogP contribution < -0.4 is 11.1 Å². The van der Waals surface area contributed by atoms with Gasteiger partial charge in [0.05, 0.1) is 0 Å². The van der Waals surface area contributed by atoms with E-state index in [9.17, 15) is 4.79 Å². The normalized spacial score (nSPS) is 11.5. The van der Waals surface area contributed by atoms with E-state index >= 15 is 0 Å². The van der Waals surface area contributed by atoms with Crippen molar-refractivity contribution in [3.05, 3.63) is 0 Å². The molecule has 2 amide bonds. The molecule has 0 heterocycles. The van der Waals surface area contributed by atoms with Gasteiger partial charge in [-0.05, 0) is 19.3 Å². The van der Waals surface area contributed by atoms with E-state index in [4.69, 9.17) is 19.0 Å². The predicted molar refractivity (Wildman–Crippen MR) is 72.3 cm³/mol. The summed E-state index contributed by atoms with van der Waals surface area (Å²) in [5.41, 5.74) is 5.00. The van der Waals surface area contributed by atoms with Crippen molar-refractivity contribution in [3.63, 3.8) is 0 Å². The Kier molecular flexibility index (Phi) is 9.94. The first kappa shape index (κ1) is 17.4. The lowest BCUT2D eigenvalue weighted by atomic mass is 10.5. The van der Waals surface area contributed by atoms with Gasteiger partial charge in [0.1, 0.15) is 0 Å². The van der Waals surface area contributed by atoms with Gasteiger partial charge in [0.25, 0.3) is 0 Å². The maximum absolute atomic E-state index is 10.6. The quantitative estimate of drug-likeness (QED) is 0.443. The van der Waals surface area contributed by atoms with Crippen molar-refractivity contribution in [2.45, 2.75) is 39.2 Å². The molecule has 0 aliphatic rings. The van der Waals surface area contributed by atoms with E-state index in [0.717, 1.165) is 19.3 Å². The fraction of sp³-hybridized carbons (Fsp3) is 0.909. The summed E-state index contributed by atoms with van der Waals surface area (Å²) in [6.45, 7) is 5.87. The highest BCUT2D eigenvalue weighted by atomic mass is 28.4. The van der Waals surface area contributed by atoms with Gasteiger partial charge < -0.3 is 24.3 Å². The van der Waals surface area contributed by atoms with E-state index in [1.54, 1.807) is 7.11 Å². The zero-order valence-electron chi connectivity index (χ0n) is 11.7. The third-order valence-electron chi connectivity index (χ3n) is 2.32. The van der Waals surface area contributed by atoms with Gasteiger partial charge in [0.2, 0.25) is 0 Å². The number of carbonyl (C=O) groups excluding carboxylic acids is 1. The van der Waals surface area contributed by atoms with Crippen LogP contribution in [0.25, 0.3) is 0 Å². The highest BCUT2D eigenvalue weighted by Gasteiger charge is 2.39. The fourth-order valence-electron chi connectivity index (χ4n) is 1.44. The lowest BCUT2D eigenvalue weighted by molar-refractivity contribution is 0.0769. The Balaban J connectivity index is 4.19. The molecule has 18 heavy (non-hydrogen) atoms. The third kappa shape index (κ3) is 7.65. The molecule has 0 spiro atoms. The van der Waals surface area contributed by atoms with Crippen LogP contribution in [0.4, 0.5) is 4.79 Å². The number of amides is 2. The number of hydrogen-bond donors (Lipinski definition) is 2. The Hall–Kier alpha value is -0.633. The summed E-state index contributed by atoms with van der Waals surface area (Å²) < 4.78 is 17.1. The van der Waals surface area contributed by atoms with E-state index < -0.39 is 14.8 Å². The van der Waals surface area contributed by atoms with E-state index in [-0.39, 0.29) is 0 Å². The van der Waals surface area contributed by atoms with Crippen molar-refractivity contribution in [1.29, 1.82) is 0 Å². The minimum atomic E-state index is -2.58. The molecule has 0 saturated carbocycles. The maximum atomic E-state index is 10.6. The number of nitrogens with one attached hydrogen (secondary N) is 1. The summed E-state index contributed by atoms with van der Waals surface area (Å²) in [5.74, 6) is 0. The number of primary amides is 1. The monoisotopic (exact) mass is 278 g/mol. The van der Waals surface area contributed by atoms with Gasteiger partial charge in [-0.3, -0.25) is 0 Å². The molecule has 7 heteroatoms. The van der Waals surface area contributed by atoms with Gasteiger partial charge in [-0.15, -0.1) is 0 Å². The zero-order chi connectivity index (χ0) is 13.9. The molecule has 0 atom stereocenters. The molecule has 0 fully saturated rings. The number of nitrogens with two attached hydrogens (primary N) is 1. The Bertz CT molecular complexity index is 221. The van der Waals surface area contributed by atoms with Crippen molar-refractivity contribution in [1.82, 2.24) is 5.32 Å². The van der Waals surface area contributed by atoms with Crippen molar-refractivity contribution in [2.75, 3.05) is 26.9 Å². The maximum Gasteiger partial charge on any atom is 0.500 e. The van der Waals surface area contributed by atoms with E-state index in [2.05, 4.69) is 5.32 Å². The van der Waals surface area contributed by atoms with Gasteiger partial charge in [-0.1, -0.05) is 13.8 Å². The molecule has 0 saturated heterocycles. The van der Waals surface area contributed by atoms with Crippen LogP contribution in [0.2, 0.25) is 6.04 Å². The van der Waals surface area contributed by atoms with Crippen LogP contribution in [-0.4, -0.2) is 41.7 Å². The molecule has 0 radical (unpaired) electrons. The molecule has 6 nitrogen and oxygen atoms in total. The molecule has 0 aromatic rings. The van der Waals surface area contributed by atoms with E-state index in [1.165, 1.54) is 0 Å². The average molecular weight is 278 g/mol. The Morgan fingerprint density at radius 1 is 1.22 bits per heavy atom. The second kappa shape index (κ2) is 10.3. The number of carbonyl (C=O) groups is 1. The predicted octanol–water partition coefficient (Wildman–Crippen LogP) is 1.48. The highest BCUT2D eigenvalue weighted by Crippen LogP contribution is 2.17. The molecular formula is C11H26N2O4Si. The minimum absolute atomic E-state index is 0.511. The molecule has 3 N–H and O–H groups in total. The van der Waals surface area contributed by atoms with Crippen molar-refractivity contribution >= 4 is 14.8 Å². The van der Waals surface area contributed by atoms with Crippen LogP contribution in [0.5, 0.6) is 0 Å². The molecule has 108 valence electrons. The van der Waals surface area contributed by atoms with Gasteiger partial charge in [0, 0.05) is 32.9 Å². The third-order valence-corrected chi connectivity index (χ3v) is 5.20. The summed E-state index contributed by atoms with van der Waals surface area (Å²) in [7, 11) is -0.951. The lowest BCUT2D eigenvalue weighted by Crippen LogP contribution is -2.46. The van der Waals surface area contributed by atoms with Crippen LogP contribution in [0.15, 0.2) is 0 Å². The molecule has 0 aromatic heterocycles. The second-order valence-electron chi connectivity index (χ2n) is 3.98. The van der Waals surface area contributed by atoms with Crippen LogP contribution in [-0.2, 0) is 13.3 Å². The number of urea groups is 1. The molecule has 0 rings (SSSR count). The highest BCUT2D eigenvalue weighted by molar-refractivity contribution is 6.60. The Morgan fingerprint density at radius 3 is 2.17 bits per heavy atom. The number of rotatable bonds is 11. The van der Waals surface area contributed by atoms with Gasteiger partial charge in [0.15, 0.2) is 0 Å². The smallest absolute Gasteiger partial charge is 0.377 e. The van der Waals surface area contributed by atoms with Crippen molar-refractivity contribution < 1.29 is 18.1 Å². The first-order valence-electron chi connectivity index (χ1n) is 6.46. The van der Waals surface area contributed by atoms with E-state index in [0.29, 0.717) is 25.8 Å². The molecule has 0 aromatic carbocycles. The summed E-state index contributed by atoms with van der Waals surface area (Å²) >= 11 is 0. The SMILES string of the molecule is CCCO[Si](CCCNC(N)=O)(OC)OCCC. The van der Waals surface area contributed by atoms with E-state index in [1.807, 2.05) is 13.8 Å². The average Bonchev–Trinajstić information content (AvgIpc) is 2.37. The van der Waals surface area contributed by atoms with Gasteiger partial charge in [-0.25, -0.2) is 4.79 Å². The topological polar surface area (TPSA) is 82.8 Å². The minimum Gasteiger partial charge on any atom is -0.377 e. The Labute approximate surface area is 111 Å². The zero-order valence-corrected chi connectivity index (χ0v) is 12.7. The summed E-state index contributed by atoms with van der Waals surface area (Å²) in [4.78, 5) is 10.6. The Morgan fingerprint density at radius 2 is 1.78 bits per heavy atom. The first-order valence-corrected chi connectivity index (χ1v) is 8.39. The van der Waals surface area contributed by atoms with Gasteiger partial charge in [-0.2, -0.15) is 0 Å². The molecule has 0 aliphatic carbocycles. The molecular weight excluding hydrogens is 252 g/mol. The van der Waals surface area contributed by atoms with Crippen molar-refractivity contribution in [2.24, 2.45) is 5.73 Å². The van der Waals surface area contributed by atoms with Crippen LogP contribution in [0.1, 0.15) is 33.1 Å². The second-order valence-corrected chi connectivity index (χ2v) is 6.83. The summed E-state index contributed by atoms with van der Waals surface area (Å²) in [6.07, 6.45) is 2.58.